The second kappa shape index (κ2) is 6.54. The van der Waals surface area contributed by atoms with Crippen LogP contribution in [0, 0.1) is 0 Å². The Morgan fingerprint density at radius 2 is 1.67 bits per heavy atom. The first-order valence-electron chi connectivity index (χ1n) is 8.54. The van der Waals surface area contributed by atoms with E-state index in [-0.39, 0.29) is 6.04 Å². The molecule has 3 nitrogen and oxygen atoms in total. The van der Waals surface area contributed by atoms with Crippen LogP contribution in [0.2, 0.25) is 0 Å². The molecule has 1 aliphatic heterocycles. The summed E-state index contributed by atoms with van der Waals surface area (Å²) < 4.78 is 2.36. The highest BCUT2D eigenvalue weighted by Crippen LogP contribution is 2.33. The molecule has 0 aliphatic carbocycles. The number of phenolic OH excluding ortho intramolecular Hbond substituents is 1. The minimum Gasteiger partial charge on any atom is -0.508 e. The number of aryl methyl sites for hydroxylation is 1. The molecule has 1 N–H and O–H groups in total. The maximum Gasteiger partial charge on any atom is 0.120 e. The zero-order chi connectivity index (χ0) is 16.4. The lowest BCUT2D eigenvalue weighted by Gasteiger charge is -2.30. The Labute approximate surface area is 142 Å². The second-order valence-electron chi connectivity index (χ2n) is 6.39. The lowest BCUT2D eigenvalue weighted by atomic mass is 10.0. The van der Waals surface area contributed by atoms with Crippen molar-refractivity contribution < 1.29 is 5.11 Å². The molecule has 0 saturated carbocycles. The van der Waals surface area contributed by atoms with Gasteiger partial charge in [0.05, 0.1) is 6.04 Å². The molecule has 0 spiro atoms. The van der Waals surface area contributed by atoms with Gasteiger partial charge in [-0.2, -0.15) is 0 Å². The largest absolute Gasteiger partial charge is 0.508 e. The van der Waals surface area contributed by atoms with Crippen LogP contribution < -0.4 is 0 Å². The van der Waals surface area contributed by atoms with E-state index in [1.807, 2.05) is 18.2 Å². The van der Waals surface area contributed by atoms with Crippen molar-refractivity contribution in [1.29, 1.82) is 0 Å². The van der Waals surface area contributed by atoms with Gasteiger partial charge in [0.25, 0.3) is 0 Å². The van der Waals surface area contributed by atoms with Crippen molar-refractivity contribution in [2.24, 2.45) is 0 Å². The van der Waals surface area contributed by atoms with Gasteiger partial charge >= 0.3 is 0 Å². The summed E-state index contributed by atoms with van der Waals surface area (Å²) in [5.41, 5.74) is 3.61. The van der Waals surface area contributed by atoms with Crippen LogP contribution >= 0.6 is 0 Å². The van der Waals surface area contributed by atoms with Crippen molar-refractivity contribution in [3.63, 3.8) is 0 Å². The summed E-state index contributed by atoms with van der Waals surface area (Å²) in [6.07, 6.45) is 3.29. The SMILES string of the molecule is Oc1ccccc1CN1CCCn2cccc2[C@H]1c1ccccc1. The van der Waals surface area contributed by atoms with Crippen LogP contribution in [0.4, 0.5) is 0 Å². The fourth-order valence-corrected chi connectivity index (χ4v) is 3.69. The monoisotopic (exact) mass is 318 g/mol. The fraction of sp³-hybridized carbons (Fsp3) is 0.238. The van der Waals surface area contributed by atoms with E-state index in [0.29, 0.717) is 5.75 Å². The van der Waals surface area contributed by atoms with Gasteiger partial charge in [-0.1, -0.05) is 48.5 Å². The van der Waals surface area contributed by atoms with E-state index in [0.717, 1.165) is 31.6 Å². The predicted molar refractivity (Wildman–Crippen MR) is 95.9 cm³/mol. The first-order chi connectivity index (χ1) is 11.8. The number of para-hydroxylation sites is 1. The molecular formula is C21H22N2O. The third kappa shape index (κ3) is 2.83. The Morgan fingerprint density at radius 3 is 2.50 bits per heavy atom. The van der Waals surface area contributed by atoms with Crippen molar-refractivity contribution in [3.05, 3.63) is 89.7 Å². The topological polar surface area (TPSA) is 28.4 Å². The van der Waals surface area contributed by atoms with E-state index < -0.39 is 0 Å². The molecule has 1 aromatic heterocycles. The van der Waals surface area contributed by atoms with Crippen LogP contribution in [-0.4, -0.2) is 21.1 Å². The first-order valence-corrected chi connectivity index (χ1v) is 8.54. The van der Waals surface area contributed by atoms with Gasteiger partial charge in [0, 0.05) is 37.1 Å². The highest BCUT2D eigenvalue weighted by atomic mass is 16.3. The van der Waals surface area contributed by atoms with Crippen molar-refractivity contribution >= 4 is 0 Å². The molecule has 1 atom stereocenters. The molecule has 0 fully saturated rings. The lowest BCUT2D eigenvalue weighted by Crippen LogP contribution is -2.29. The van der Waals surface area contributed by atoms with E-state index in [9.17, 15) is 5.11 Å². The third-order valence-corrected chi connectivity index (χ3v) is 4.83. The van der Waals surface area contributed by atoms with Crippen LogP contribution in [0.15, 0.2) is 72.9 Å². The molecule has 0 radical (unpaired) electrons. The summed E-state index contributed by atoms with van der Waals surface area (Å²) in [6.45, 7) is 2.80. The van der Waals surface area contributed by atoms with E-state index in [4.69, 9.17) is 0 Å². The maximum absolute atomic E-state index is 10.2. The molecule has 1 aliphatic rings. The van der Waals surface area contributed by atoms with Gasteiger partial charge in [-0.15, -0.1) is 0 Å². The van der Waals surface area contributed by atoms with Gasteiger partial charge in [0.1, 0.15) is 5.75 Å². The molecule has 0 amide bonds. The fourth-order valence-electron chi connectivity index (χ4n) is 3.69. The Kier molecular flexibility index (Phi) is 4.09. The number of phenols is 1. The summed E-state index contributed by atoms with van der Waals surface area (Å²) >= 11 is 0. The molecule has 0 saturated heterocycles. The van der Waals surface area contributed by atoms with Crippen molar-refractivity contribution in [3.8, 4) is 5.75 Å². The van der Waals surface area contributed by atoms with Crippen molar-refractivity contribution in [2.45, 2.75) is 25.6 Å². The molecule has 122 valence electrons. The van der Waals surface area contributed by atoms with Crippen LogP contribution in [0.25, 0.3) is 0 Å². The highest BCUT2D eigenvalue weighted by molar-refractivity contribution is 5.34. The van der Waals surface area contributed by atoms with Gasteiger partial charge in [-0.3, -0.25) is 4.90 Å². The van der Waals surface area contributed by atoms with Gasteiger partial charge in [0.15, 0.2) is 0 Å². The average Bonchev–Trinajstić information content (AvgIpc) is 2.99. The number of fused-ring (bicyclic) bond motifs is 1. The maximum atomic E-state index is 10.2. The Hall–Kier alpha value is -2.52. The molecule has 24 heavy (non-hydrogen) atoms. The highest BCUT2D eigenvalue weighted by Gasteiger charge is 2.27. The minimum atomic E-state index is 0.211. The van der Waals surface area contributed by atoms with Crippen LogP contribution in [0.5, 0.6) is 5.75 Å². The molecule has 4 rings (SSSR count). The lowest BCUT2D eigenvalue weighted by molar-refractivity contribution is 0.218. The number of benzene rings is 2. The molecule has 3 aromatic rings. The van der Waals surface area contributed by atoms with Gasteiger partial charge < -0.3 is 9.67 Å². The molecule has 2 heterocycles. The number of aromatic hydroxyl groups is 1. The Balaban J connectivity index is 1.75. The Morgan fingerprint density at radius 1 is 0.875 bits per heavy atom. The number of hydrogen-bond acceptors (Lipinski definition) is 2. The second-order valence-corrected chi connectivity index (χ2v) is 6.39. The summed E-state index contributed by atoms with van der Waals surface area (Å²) in [5, 5.41) is 10.2. The zero-order valence-corrected chi connectivity index (χ0v) is 13.7. The number of aromatic nitrogens is 1. The smallest absolute Gasteiger partial charge is 0.120 e. The molecule has 2 aromatic carbocycles. The quantitative estimate of drug-likeness (QED) is 0.784. The molecule has 3 heteroatoms. The number of hydrogen-bond donors (Lipinski definition) is 1. The van der Waals surface area contributed by atoms with E-state index in [1.54, 1.807) is 6.07 Å². The van der Waals surface area contributed by atoms with Gasteiger partial charge in [-0.05, 0) is 30.2 Å². The summed E-state index contributed by atoms with van der Waals surface area (Å²) in [4.78, 5) is 2.48. The third-order valence-electron chi connectivity index (χ3n) is 4.83. The normalized spacial score (nSPS) is 18.1. The van der Waals surface area contributed by atoms with Crippen LogP contribution in [0.1, 0.15) is 29.3 Å². The Bertz CT molecular complexity index is 809. The molecule has 0 bridgehead atoms. The summed E-state index contributed by atoms with van der Waals surface area (Å²) in [7, 11) is 0. The van der Waals surface area contributed by atoms with Crippen LogP contribution in [-0.2, 0) is 13.1 Å². The van der Waals surface area contributed by atoms with E-state index >= 15 is 0 Å². The zero-order valence-electron chi connectivity index (χ0n) is 13.7. The predicted octanol–water partition coefficient (Wildman–Crippen LogP) is 4.19. The average molecular weight is 318 g/mol. The van der Waals surface area contributed by atoms with Gasteiger partial charge in [0.2, 0.25) is 0 Å². The minimum absolute atomic E-state index is 0.211. The van der Waals surface area contributed by atoms with Gasteiger partial charge in [-0.25, -0.2) is 0 Å². The van der Waals surface area contributed by atoms with Crippen LogP contribution in [0.3, 0.4) is 0 Å². The van der Waals surface area contributed by atoms with Crippen molar-refractivity contribution in [2.75, 3.05) is 6.54 Å². The van der Waals surface area contributed by atoms with E-state index in [2.05, 4.69) is 58.1 Å². The first kappa shape index (κ1) is 15.0. The summed E-state index contributed by atoms with van der Waals surface area (Å²) in [6, 6.07) is 22.9. The molecular weight excluding hydrogens is 296 g/mol. The number of rotatable bonds is 3. The summed E-state index contributed by atoms with van der Waals surface area (Å²) in [5.74, 6) is 0.379. The van der Waals surface area contributed by atoms with E-state index in [1.165, 1.54) is 11.3 Å². The number of nitrogens with zero attached hydrogens (tertiary/aromatic N) is 2. The molecule has 0 unspecified atom stereocenters. The van der Waals surface area contributed by atoms with Crippen molar-refractivity contribution in [1.82, 2.24) is 9.47 Å². The standard InChI is InChI=1S/C21H22N2O/c24-20-12-5-4-10-18(20)16-23-15-7-14-22-13-6-11-19(22)21(23)17-8-2-1-3-9-17/h1-6,8-13,21,24H,7,14-16H2/t21-/m1/s1.